The van der Waals surface area contributed by atoms with Crippen molar-refractivity contribution < 1.29 is 17.6 Å². The Morgan fingerprint density at radius 2 is 1.79 bits per heavy atom. The van der Waals surface area contributed by atoms with Gasteiger partial charge < -0.3 is 4.90 Å². The van der Waals surface area contributed by atoms with Gasteiger partial charge in [0, 0.05) is 42.8 Å². The smallest absolute Gasteiger partial charge is 0.221 e. The van der Waals surface area contributed by atoms with Gasteiger partial charge in [0.05, 0.1) is 12.5 Å². The van der Waals surface area contributed by atoms with Gasteiger partial charge in [-0.15, -0.1) is 0 Å². The normalized spacial score (nSPS) is 23.4. The summed E-state index contributed by atoms with van der Waals surface area (Å²) in [4.78, 5) is 14.0. The number of ketones is 1. The number of hydrogen-bond donors (Lipinski definition) is 0. The van der Waals surface area contributed by atoms with Crippen LogP contribution >= 0.6 is 0 Å². The van der Waals surface area contributed by atoms with Crippen LogP contribution in [0.2, 0.25) is 0 Å². The molecule has 6 nitrogen and oxygen atoms in total. The van der Waals surface area contributed by atoms with Gasteiger partial charge in [-0.2, -0.15) is 9.57 Å². The van der Waals surface area contributed by atoms with Gasteiger partial charge in [0.25, 0.3) is 0 Å². The highest BCUT2D eigenvalue weighted by Crippen LogP contribution is 2.38. The summed E-state index contributed by atoms with van der Waals surface area (Å²) in [7, 11) is -3.63. The summed E-state index contributed by atoms with van der Waals surface area (Å²) in [6.45, 7) is 3.13. The van der Waals surface area contributed by atoms with E-state index in [-0.39, 0.29) is 30.7 Å². The standard InChI is InChI=1S/C26H30FN3O3S/c1-19-7-10-26(21-5-3-2-4-6-21)34(32,33)30(19)18-22-8-9-23(17-24(22)27)29-15-12-20(13-16-29)25(31)11-14-28/h2-6,8-9,17,19-20,26H,7,10-13,15-16,18H2,1H3/t19-,26?/m0/s1. The maximum absolute atomic E-state index is 15.1. The van der Waals surface area contributed by atoms with E-state index in [1.165, 1.54) is 10.4 Å². The lowest BCUT2D eigenvalue weighted by molar-refractivity contribution is -0.122. The molecular formula is C26H30FN3O3S. The van der Waals surface area contributed by atoms with E-state index in [0.717, 1.165) is 17.7 Å². The molecule has 0 saturated carbocycles. The second kappa shape index (κ2) is 10.2. The van der Waals surface area contributed by atoms with Crippen molar-refractivity contribution in [2.75, 3.05) is 18.0 Å². The van der Waals surface area contributed by atoms with Gasteiger partial charge in [-0.05, 0) is 50.3 Å². The molecule has 0 bridgehead atoms. The van der Waals surface area contributed by atoms with Crippen molar-refractivity contribution >= 4 is 21.5 Å². The number of carbonyl (C=O) groups is 1. The van der Waals surface area contributed by atoms with Crippen molar-refractivity contribution in [2.24, 2.45) is 5.92 Å². The summed E-state index contributed by atoms with van der Waals surface area (Å²) >= 11 is 0. The van der Waals surface area contributed by atoms with E-state index in [0.29, 0.717) is 37.9 Å². The molecule has 2 aliphatic heterocycles. The number of halogens is 1. The van der Waals surface area contributed by atoms with Crippen molar-refractivity contribution in [1.82, 2.24) is 4.31 Å². The second-order valence-electron chi connectivity index (χ2n) is 9.25. The number of piperidine rings is 1. The van der Waals surface area contributed by atoms with Crippen LogP contribution in [0.5, 0.6) is 0 Å². The average Bonchev–Trinajstić information content (AvgIpc) is 2.83. The van der Waals surface area contributed by atoms with Gasteiger partial charge in [-0.25, -0.2) is 12.8 Å². The summed E-state index contributed by atoms with van der Waals surface area (Å²) in [5, 5.41) is 8.12. The molecule has 0 radical (unpaired) electrons. The van der Waals surface area contributed by atoms with E-state index in [4.69, 9.17) is 5.26 Å². The molecule has 2 fully saturated rings. The minimum absolute atomic E-state index is 0.00365. The maximum Gasteiger partial charge on any atom is 0.221 e. The number of carbonyl (C=O) groups excluding carboxylic acids is 1. The van der Waals surface area contributed by atoms with Crippen LogP contribution in [0.1, 0.15) is 55.4 Å². The largest absolute Gasteiger partial charge is 0.371 e. The highest BCUT2D eigenvalue weighted by atomic mass is 32.2. The van der Waals surface area contributed by atoms with Crippen LogP contribution in [0.25, 0.3) is 0 Å². The third-order valence-electron chi connectivity index (χ3n) is 7.13. The molecule has 2 aromatic rings. The predicted octanol–water partition coefficient (Wildman–Crippen LogP) is 4.58. The fourth-order valence-corrected chi connectivity index (χ4v) is 7.25. The van der Waals surface area contributed by atoms with Crippen LogP contribution in [0, 0.1) is 23.1 Å². The Hall–Kier alpha value is -2.76. The first-order valence-electron chi connectivity index (χ1n) is 11.8. The molecule has 4 rings (SSSR count). The molecule has 0 aromatic heterocycles. The minimum atomic E-state index is -3.63. The number of anilines is 1. The first-order valence-corrected chi connectivity index (χ1v) is 13.3. The van der Waals surface area contributed by atoms with Crippen LogP contribution < -0.4 is 4.90 Å². The number of sulfonamides is 1. The molecule has 180 valence electrons. The lowest BCUT2D eigenvalue weighted by Crippen LogP contribution is -2.44. The molecule has 2 aliphatic rings. The first kappa shape index (κ1) is 24.4. The Kier molecular flexibility index (Phi) is 7.34. The zero-order chi connectivity index (χ0) is 24.3. The number of benzene rings is 2. The zero-order valence-electron chi connectivity index (χ0n) is 19.4. The Morgan fingerprint density at radius 3 is 2.44 bits per heavy atom. The van der Waals surface area contributed by atoms with Crippen LogP contribution in [0.4, 0.5) is 10.1 Å². The topological polar surface area (TPSA) is 81.5 Å². The summed E-state index contributed by atoms with van der Waals surface area (Å²) in [6, 6.07) is 15.9. The van der Waals surface area contributed by atoms with Gasteiger partial charge in [-0.1, -0.05) is 36.4 Å². The fourth-order valence-electron chi connectivity index (χ4n) is 5.06. The zero-order valence-corrected chi connectivity index (χ0v) is 20.2. The van der Waals surface area contributed by atoms with Gasteiger partial charge in [0.15, 0.2) is 0 Å². The predicted molar refractivity (Wildman–Crippen MR) is 129 cm³/mol. The van der Waals surface area contributed by atoms with Crippen molar-refractivity contribution in [1.29, 1.82) is 5.26 Å². The molecule has 8 heteroatoms. The van der Waals surface area contributed by atoms with Gasteiger partial charge in [0.1, 0.15) is 16.9 Å². The van der Waals surface area contributed by atoms with Crippen molar-refractivity contribution in [3.8, 4) is 6.07 Å². The van der Waals surface area contributed by atoms with Crippen LogP contribution in [-0.4, -0.2) is 37.6 Å². The molecule has 1 unspecified atom stereocenters. The van der Waals surface area contributed by atoms with Crippen LogP contribution in [0.15, 0.2) is 48.5 Å². The molecule has 2 aromatic carbocycles. The third kappa shape index (κ3) is 5.01. The van der Waals surface area contributed by atoms with E-state index >= 15 is 4.39 Å². The van der Waals surface area contributed by atoms with Crippen molar-refractivity contribution in [2.45, 2.75) is 56.9 Å². The van der Waals surface area contributed by atoms with Gasteiger partial charge >= 0.3 is 0 Å². The highest BCUT2D eigenvalue weighted by molar-refractivity contribution is 7.89. The molecular weight excluding hydrogens is 453 g/mol. The number of nitriles is 1. The molecule has 34 heavy (non-hydrogen) atoms. The number of hydrogen-bond acceptors (Lipinski definition) is 5. The van der Waals surface area contributed by atoms with E-state index in [1.54, 1.807) is 6.07 Å². The van der Waals surface area contributed by atoms with Gasteiger partial charge in [-0.3, -0.25) is 4.79 Å². The van der Waals surface area contributed by atoms with Gasteiger partial charge in [0.2, 0.25) is 10.0 Å². The summed E-state index contributed by atoms with van der Waals surface area (Å²) in [6.07, 6.45) is 2.51. The van der Waals surface area contributed by atoms with E-state index in [9.17, 15) is 13.2 Å². The molecule has 0 spiro atoms. The van der Waals surface area contributed by atoms with Crippen molar-refractivity contribution in [3.63, 3.8) is 0 Å². The Morgan fingerprint density at radius 1 is 1.09 bits per heavy atom. The monoisotopic (exact) mass is 483 g/mol. The summed E-state index contributed by atoms with van der Waals surface area (Å²) < 4.78 is 43.4. The number of Topliss-reactive ketones (excluding diaryl/α,β-unsaturated/α-hetero) is 1. The van der Waals surface area contributed by atoms with Crippen LogP contribution in [-0.2, 0) is 21.4 Å². The molecule has 0 N–H and O–H groups in total. The van der Waals surface area contributed by atoms with Crippen molar-refractivity contribution in [3.05, 3.63) is 65.5 Å². The molecule has 0 amide bonds. The Balaban J connectivity index is 1.47. The molecule has 2 heterocycles. The Labute approximate surface area is 201 Å². The summed E-state index contributed by atoms with van der Waals surface area (Å²) in [5.41, 5.74) is 1.85. The molecule has 2 saturated heterocycles. The fraction of sp³-hybridized carbons (Fsp3) is 0.462. The summed E-state index contributed by atoms with van der Waals surface area (Å²) in [5.74, 6) is -0.554. The number of rotatable bonds is 6. The van der Waals surface area contributed by atoms with E-state index in [1.807, 2.05) is 54.3 Å². The third-order valence-corrected chi connectivity index (χ3v) is 9.50. The van der Waals surface area contributed by atoms with E-state index < -0.39 is 21.1 Å². The lowest BCUT2D eigenvalue weighted by atomic mass is 9.91. The average molecular weight is 484 g/mol. The lowest BCUT2D eigenvalue weighted by Gasteiger charge is -2.37. The highest BCUT2D eigenvalue weighted by Gasteiger charge is 2.40. The first-order chi connectivity index (χ1) is 16.3. The molecule has 2 atom stereocenters. The number of nitrogens with zero attached hydrogens (tertiary/aromatic N) is 3. The van der Waals surface area contributed by atoms with Crippen LogP contribution in [0.3, 0.4) is 0 Å². The minimum Gasteiger partial charge on any atom is -0.371 e. The molecule has 0 aliphatic carbocycles. The maximum atomic E-state index is 15.1. The quantitative estimate of drug-likeness (QED) is 0.601. The SMILES string of the molecule is C[C@H]1CCC(c2ccccc2)S(=O)(=O)N1Cc1ccc(N2CCC(C(=O)CC#N)CC2)cc1F. The van der Waals surface area contributed by atoms with E-state index in [2.05, 4.69) is 0 Å². The Bertz CT molecular complexity index is 1170. The second-order valence-corrected chi connectivity index (χ2v) is 11.3.